The van der Waals surface area contributed by atoms with Gasteiger partial charge in [-0.1, -0.05) is 37.3 Å². The van der Waals surface area contributed by atoms with Gasteiger partial charge in [0.2, 0.25) is 5.91 Å². The average molecular weight is 290 g/mol. The van der Waals surface area contributed by atoms with Crippen LogP contribution in [-0.4, -0.2) is 41.5 Å². The first kappa shape index (κ1) is 15.5. The van der Waals surface area contributed by atoms with Gasteiger partial charge in [0, 0.05) is 13.1 Å². The van der Waals surface area contributed by atoms with Gasteiger partial charge in [-0.25, -0.2) is 0 Å². The molecule has 2 rings (SSSR count). The second kappa shape index (κ2) is 6.72. The van der Waals surface area contributed by atoms with Gasteiger partial charge in [-0.2, -0.15) is 0 Å². The summed E-state index contributed by atoms with van der Waals surface area (Å²) in [5, 5.41) is 12.1. The number of carbonyl (C=O) groups is 2. The van der Waals surface area contributed by atoms with Gasteiger partial charge in [0.15, 0.2) is 0 Å². The number of likely N-dealkylation sites (tertiary alicyclic amines) is 1. The molecule has 1 aliphatic heterocycles. The number of hydrogen-bond donors (Lipinski definition) is 2. The zero-order valence-electron chi connectivity index (χ0n) is 12.5. The Morgan fingerprint density at radius 2 is 2.00 bits per heavy atom. The number of hydrogen-bond acceptors (Lipinski definition) is 3. The van der Waals surface area contributed by atoms with E-state index in [9.17, 15) is 9.59 Å². The van der Waals surface area contributed by atoms with Crippen LogP contribution in [0.15, 0.2) is 30.3 Å². The second-order valence-electron chi connectivity index (χ2n) is 5.82. The third-order valence-corrected chi connectivity index (χ3v) is 4.05. The van der Waals surface area contributed by atoms with Crippen LogP contribution < -0.4 is 5.32 Å². The minimum atomic E-state index is -0.775. The van der Waals surface area contributed by atoms with E-state index >= 15 is 0 Å². The van der Waals surface area contributed by atoms with Gasteiger partial charge in [0.25, 0.3) is 0 Å². The van der Waals surface area contributed by atoms with Gasteiger partial charge < -0.3 is 10.4 Å². The smallest absolute Gasteiger partial charge is 0.308 e. The Morgan fingerprint density at radius 1 is 1.33 bits per heavy atom. The number of nitrogens with one attached hydrogen (secondary N) is 1. The number of benzene rings is 1. The van der Waals surface area contributed by atoms with Crippen LogP contribution in [0.25, 0.3) is 0 Å². The van der Waals surface area contributed by atoms with Crippen molar-refractivity contribution in [1.82, 2.24) is 10.2 Å². The molecule has 1 aromatic rings. The molecule has 5 nitrogen and oxygen atoms in total. The molecule has 1 fully saturated rings. The number of carboxylic acids is 1. The highest BCUT2D eigenvalue weighted by molar-refractivity contribution is 5.79. The molecule has 1 aromatic carbocycles. The monoisotopic (exact) mass is 290 g/mol. The van der Waals surface area contributed by atoms with Crippen molar-refractivity contribution in [3.8, 4) is 0 Å². The van der Waals surface area contributed by atoms with Gasteiger partial charge in [-0.3, -0.25) is 14.5 Å². The first-order valence-electron chi connectivity index (χ1n) is 7.27. The Hall–Kier alpha value is -1.88. The maximum atomic E-state index is 12.1. The quantitative estimate of drug-likeness (QED) is 0.862. The summed E-state index contributed by atoms with van der Waals surface area (Å²) in [5.74, 6) is -1.13. The number of carboxylic acid groups (broad SMARTS) is 1. The van der Waals surface area contributed by atoms with Gasteiger partial charge in [-0.05, 0) is 18.4 Å². The molecule has 2 N–H and O–H groups in total. The van der Waals surface area contributed by atoms with Crippen LogP contribution >= 0.6 is 0 Å². The van der Waals surface area contributed by atoms with Crippen LogP contribution in [0.1, 0.15) is 25.5 Å². The van der Waals surface area contributed by atoms with Crippen molar-refractivity contribution in [3.05, 3.63) is 35.9 Å². The van der Waals surface area contributed by atoms with Gasteiger partial charge in [0.05, 0.1) is 18.5 Å². The molecule has 21 heavy (non-hydrogen) atoms. The number of amides is 1. The minimum absolute atomic E-state index is 0.0472. The summed E-state index contributed by atoms with van der Waals surface area (Å²) in [6, 6.07) is 9.73. The van der Waals surface area contributed by atoms with E-state index < -0.39 is 5.97 Å². The lowest BCUT2D eigenvalue weighted by molar-refractivity contribution is -0.142. The first-order chi connectivity index (χ1) is 9.97. The molecule has 0 aromatic heterocycles. The molecule has 1 amide bonds. The molecular weight excluding hydrogens is 268 g/mol. The topological polar surface area (TPSA) is 69.6 Å². The summed E-state index contributed by atoms with van der Waals surface area (Å²) in [6.45, 7) is 5.22. The Bertz CT molecular complexity index is 504. The van der Waals surface area contributed by atoms with Crippen LogP contribution in [0.2, 0.25) is 0 Å². The highest BCUT2D eigenvalue weighted by Gasteiger charge is 2.35. The largest absolute Gasteiger partial charge is 0.481 e. The Balaban J connectivity index is 1.84. The summed E-state index contributed by atoms with van der Waals surface area (Å²) in [6.07, 6.45) is 0. The third kappa shape index (κ3) is 4.04. The lowest BCUT2D eigenvalue weighted by Gasteiger charge is -2.18. The Labute approximate surface area is 125 Å². The van der Waals surface area contributed by atoms with E-state index in [-0.39, 0.29) is 30.3 Å². The van der Waals surface area contributed by atoms with Crippen LogP contribution in [0, 0.1) is 11.8 Å². The van der Waals surface area contributed by atoms with Crippen molar-refractivity contribution in [2.75, 3.05) is 19.6 Å². The molecule has 114 valence electrons. The number of rotatable bonds is 5. The zero-order chi connectivity index (χ0) is 15.4. The fourth-order valence-corrected chi connectivity index (χ4v) is 2.83. The first-order valence-corrected chi connectivity index (χ1v) is 7.27. The van der Waals surface area contributed by atoms with Crippen molar-refractivity contribution >= 4 is 11.9 Å². The third-order valence-electron chi connectivity index (χ3n) is 4.05. The Morgan fingerprint density at radius 3 is 2.57 bits per heavy atom. The SMILES string of the molecule is CC(NC(=O)CN1C[C@@H](C)[C@H](C(=O)O)C1)c1ccccc1. The normalized spacial score (nSPS) is 23.7. The lowest BCUT2D eigenvalue weighted by Crippen LogP contribution is -2.37. The molecule has 0 aliphatic carbocycles. The fraction of sp³-hybridized carbons (Fsp3) is 0.500. The maximum Gasteiger partial charge on any atom is 0.308 e. The molecule has 1 aliphatic rings. The highest BCUT2D eigenvalue weighted by Crippen LogP contribution is 2.22. The molecule has 1 unspecified atom stereocenters. The second-order valence-corrected chi connectivity index (χ2v) is 5.82. The molecule has 0 bridgehead atoms. The summed E-state index contributed by atoms with van der Waals surface area (Å²) < 4.78 is 0. The van der Waals surface area contributed by atoms with E-state index in [1.54, 1.807) is 0 Å². The molecule has 0 spiro atoms. The lowest BCUT2D eigenvalue weighted by atomic mass is 9.99. The molecule has 3 atom stereocenters. The molecular formula is C16H22N2O3. The van der Waals surface area contributed by atoms with Crippen LogP contribution in [0.5, 0.6) is 0 Å². The van der Waals surface area contributed by atoms with Crippen LogP contribution in [0.4, 0.5) is 0 Å². The van der Waals surface area contributed by atoms with Gasteiger partial charge in [0.1, 0.15) is 0 Å². The van der Waals surface area contributed by atoms with E-state index in [1.165, 1.54) is 0 Å². The minimum Gasteiger partial charge on any atom is -0.481 e. The number of aliphatic carboxylic acids is 1. The number of nitrogens with zero attached hydrogens (tertiary/aromatic N) is 1. The van der Waals surface area contributed by atoms with Crippen molar-refractivity contribution in [2.24, 2.45) is 11.8 Å². The van der Waals surface area contributed by atoms with Crippen LogP contribution in [-0.2, 0) is 9.59 Å². The van der Waals surface area contributed by atoms with E-state index in [0.29, 0.717) is 13.1 Å². The van der Waals surface area contributed by atoms with Crippen LogP contribution in [0.3, 0.4) is 0 Å². The van der Waals surface area contributed by atoms with Gasteiger partial charge >= 0.3 is 5.97 Å². The van der Waals surface area contributed by atoms with E-state index in [0.717, 1.165) is 5.56 Å². The average Bonchev–Trinajstić information content (AvgIpc) is 2.80. The van der Waals surface area contributed by atoms with E-state index in [1.807, 2.05) is 49.1 Å². The van der Waals surface area contributed by atoms with Crippen molar-refractivity contribution < 1.29 is 14.7 Å². The Kier molecular flexibility index (Phi) is 4.96. The fourth-order valence-electron chi connectivity index (χ4n) is 2.83. The predicted molar refractivity (Wildman–Crippen MR) is 79.7 cm³/mol. The molecule has 1 heterocycles. The van der Waals surface area contributed by atoms with Gasteiger partial charge in [-0.15, -0.1) is 0 Å². The van der Waals surface area contributed by atoms with Crippen molar-refractivity contribution in [3.63, 3.8) is 0 Å². The van der Waals surface area contributed by atoms with Crippen molar-refractivity contribution in [2.45, 2.75) is 19.9 Å². The van der Waals surface area contributed by atoms with Crippen molar-refractivity contribution in [1.29, 1.82) is 0 Å². The number of carbonyl (C=O) groups excluding carboxylic acids is 1. The van der Waals surface area contributed by atoms with E-state index in [2.05, 4.69) is 5.32 Å². The molecule has 1 saturated heterocycles. The summed E-state index contributed by atoms with van der Waals surface area (Å²) in [5.41, 5.74) is 1.06. The molecule has 5 heteroatoms. The maximum absolute atomic E-state index is 12.1. The summed E-state index contributed by atoms with van der Waals surface area (Å²) >= 11 is 0. The summed E-state index contributed by atoms with van der Waals surface area (Å²) in [7, 11) is 0. The highest BCUT2D eigenvalue weighted by atomic mass is 16.4. The van der Waals surface area contributed by atoms with E-state index in [4.69, 9.17) is 5.11 Å². The zero-order valence-corrected chi connectivity index (χ0v) is 12.5. The molecule has 0 radical (unpaired) electrons. The molecule has 0 saturated carbocycles. The predicted octanol–water partition coefficient (Wildman–Crippen LogP) is 1.52. The standard InChI is InChI=1S/C16H22N2O3/c1-11-8-18(9-14(11)16(20)21)10-15(19)17-12(2)13-6-4-3-5-7-13/h3-7,11-12,14H,8-10H2,1-2H3,(H,17,19)(H,20,21)/t11-,12?,14-/m1/s1. The summed E-state index contributed by atoms with van der Waals surface area (Å²) in [4.78, 5) is 25.1.